The summed E-state index contributed by atoms with van der Waals surface area (Å²) in [6, 6.07) is 2.30. The fourth-order valence-corrected chi connectivity index (χ4v) is 2.73. The molecule has 0 aliphatic carbocycles. The van der Waals surface area contributed by atoms with E-state index in [2.05, 4.69) is 0 Å². The number of hydrogen-bond donors (Lipinski definition) is 1. The maximum absolute atomic E-state index is 14.1. The van der Waals surface area contributed by atoms with Crippen molar-refractivity contribution >= 4 is 11.4 Å². The molecular formula is C14H19FN2O4. The van der Waals surface area contributed by atoms with Crippen LogP contribution in [-0.2, 0) is 0 Å². The Bertz CT molecular complexity index is 516. The second-order valence-electron chi connectivity index (χ2n) is 5.18. The lowest BCUT2D eigenvalue weighted by Crippen LogP contribution is -2.34. The van der Waals surface area contributed by atoms with Crippen molar-refractivity contribution in [2.45, 2.75) is 19.3 Å². The molecule has 116 valence electrons. The number of nitrogens with zero attached hydrogens (tertiary/aromatic N) is 2. The first-order chi connectivity index (χ1) is 10.1. The summed E-state index contributed by atoms with van der Waals surface area (Å²) in [5.41, 5.74) is -0.0335. The number of aliphatic hydroxyl groups is 1. The molecule has 0 bridgehead atoms. The van der Waals surface area contributed by atoms with Crippen LogP contribution >= 0.6 is 0 Å². The fourth-order valence-electron chi connectivity index (χ4n) is 2.73. The van der Waals surface area contributed by atoms with Crippen LogP contribution in [0.2, 0.25) is 0 Å². The van der Waals surface area contributed by atoms with E-state index in [4.69, 9.17) is 9.84 Å². The van der Waals surface area contributed by atoms with Crippen molar-refractivity contribution in [3.05, 3.63) is 28.1 Å². The number of benzene rings is 1. The molecule has 1 N–H and O–H groups in total. The van der Waals surface area contributed by atoms with Crippen LogP contribution in [0.5, 0.6) is 5.75 Å². The third-order valence-corrected chi connectivity index (χ3v) is 3.94. The zero-order chi connectivity index (χ0) is 15.4. The number of nitro groups is 1. The van der Waals surface area contributed by atoms with Crippen LogP contribution < -0.4 is 9.64 Å². The maximum Gasteiger partial charge on any atom is 0.313 e. The summed E-state index contributed by atoms with van der Waals surface area (Å²) in [6.45, 7) is 1.51. The highest BCUT2D eigenvalue weighted by atomic mass is 19.1. The number of hydrogen-bond acceptors (Lipinski definition) is 5. The van der Waals surface area contributed by atoms with Crippen LogP contribution in [0.4, 0.5) is 15.8 Å². The molecule has 1 aliphatic heterocycles. The Hall–Kier alpha value is -1.89. The first kappa shape index (κ1) is 15.5. The molecule has 1 aromatic rings. The molecule has 1 saturated heterocycles. The number of nitro benzene ring substituents is 1. The van der Waals surface area contributed by atoms with Gasteiger partial charge in [-0.05, 0) is 25.2 Å². The second-order valence-corrected chi connectivity index (χ2v) is 5.18. The Morgan fingerprint density at radius 3 is 2.67 bits per heavy atom. The van der Waals surface area contributed by atoms with Crippen LogP contribution in [0.3, 0.4) is 0 Å². The zero-order valence-electron chi connectivity index (χ0n) is 11.9. The van der Waals surface area contributed by atoms with E-state index in [1.54, 1.807) is 0 Å². The molecule has 1 heterocycles. The molecule has 1 fully saturated rings. The number of aliphatic hydroxyl groups excluding tert-OH is 1. The molecule has 0 unspecified atom stereocenters. The normalized spacial score (nSPS) is 16.0. The molecule has 0 radical (unpaired) electrons. The summed E-state index contributed by atoms with van der Waals surface area (Å²) >= 11 is 0. The van der Waals surface area contributed by atoms with Gasteiger partial charge in [0.15, 0.2) is 11.6 Å². The second kappa shape index (κ2) is 6.71. The van der Waals surface area contributed by atoms with Gasteiger partial charge in [0.05, 0.1) is 23.8 Å². The van der Waals surface area contributed by atoms with E-state index < -0.39 is 10.7 Å². The molecule has 0 saturated carbocycles. The number of anilines is 1. The Morgan fingerprint density at radius 1 is 1.48 bits per heavy atom. The monoisotopic (exact) mass is 298 g/mol. The summed E-state index contributed by atoms with van der Waals surface area (Å²) < 4.78 is 19.1. The number of methoxy groups -OCH3 is 1. The molecule has 0 atom stereocenters. The maximum atomic E-state index is 14.1. The first-order valence-corrected chi connectivity index (χ1v) is 6.94. The molecule has 21 heavy (non-hydrogen) atoms. The molecule has 2 rings (SSSR count). The molecule has 0 spiro atoms. The molecule has 7 heteroatoms. The van der Waals surface area contributed by atoms with E-state index in [9.17, 15) is 14.5 Å². The first-order valence-electron chi connectivity index (χ1n) is 6.94. The summed E-state index contributed by atoms with van der Waals surface area (Å²) in [5.74, 6) is -0.0914. The van der Waals surface area contributed by atoms with E-state index in [1.807, 2.05) is 4.90 Å². The van der Waals surface area contributed by atoms with Gasteiger partial charge < -0.3 is 14.7 Å². The van der Waals surface area contributed by atoms with Crippen LogP contribution in [0, 0.1) is 21.8 Å². The Balaban J connectivity index is 2.19. The van der Waals surface area contributed by atoms with Gasteiger partial charge in [0, 0.05) is 25.8 Å². The van der Waals surface area contributed by atoms with Gasteiger partial charge >= 0.3 is 5.69 Å². The Kier molecular flexibility index (Phi) is 4.95. The minimum atomic E-state index is -0.654. The van der Waals surface area contributed by atoms with Gasteiger partial charge in [0.2, 0.25) is 0 Å². The van der Waals surface area contributed by atoms with Gasteiger partial charge in [0.25, 0.3) is 0 Å². The number of halogens is 1. The zero-order valence-corrected chi connectivity index (χ0v) is 11.9. The largest absolute Gasteiger partial charge is 0.490 e. The lowest BCUT2D eigenvalue weighted by molar-refractivity contribution is -0.385. The van der Waals surface area contributed by atoms with Gasteiger partial charge in [-0.25, -0.2) is 4.39 Å². The van der Waals surface area contributed by atoms with Crippen LogP contribution in [0.15, 0.2) is 12.1 Å². The highest BCUT2D eigenvalue weighted by Crippen LogP contribution is 2.35. The SMILES string of the molecule is COc1cc(N2CCC(CCO)CC2)c(F)cc1[N+](=O)[O-]. The van der Waals surface area contributed by atoms with E-state index >= 15 is 0 Å². The summed E-state index contributed by atoms with van der Waals surface area (Å²) in [4.78, 5) is 12.1. The van der Waals surface area contributed by atoms with Crippen LogP contribution in [0.25, 0.3) is 0 Å². The quantitative estimate of drug-likeness (QED) is 0.667. The Morgan fingerprint density at radius 2 is 2.14 bits per heavy atom. The van der Waals surface area contributed by atoms with Gasteiger partial charge in [-0.1, -0.05) is 0 Å². The summed E-state index contributed by atoms with van der Waals surface area (Å²) in [5, 5.41) is 19.8. The third kappa shape index (κ3) is 3.41. The van der Waals surface area contributed by atoms with Crippen molar-refractivity contribution in [2.24, 2.45) is 5.92 Å². The predicted octanol–water partition coefficient (Wildman–Crippen LogP) is 2.34. The Labute approximate surface area is 122 Å². The molecule has 0 aromatic heterocycles. The molecule has 1 aromatic carbocycles. The van der Waals surface area contributed by atoms with Crippen molar-refractivity contribution in [2.75, 3.05) is 31.7 Å². The molecular weight excluding hydrogens is 279 g/mol. The minimum absolute atomic E-state index is 0.0638. The number of ether oxygens (including phenoxy) is 1. The van der Waals surface area contributed by atoms with Crippen LogP contribution in [0.1, 0.15) is 19.3 Å². The number of rotatable bonds is 5. The third-order valence-electron chi connectivity index (χ3n) is 3.94. The van der Waals surface area contributed by atoms with Gasteiger partial charge in [-0.15, -0.1) is 0 Å². The van der Waals surface area contributed by atoms with Gasteiger partial charge in [0.1, 0.15) is 0 Å². The van der Waals surface area contributed by atoms with Crippen LogP contribution in [-0.4, -0.2) is 36.8 Å². The highest BCUT2D eigenvalue weighted by molar-refractivity contribution is 5.60. The number of piperidine rings is 1. The van der Waals surface area contributed by atoms with Gasteiger partial charge in [-0.2, -0.15) is 0 Å². The standard InChI is InChI=1S/C14H19FN2O4/c1-21-14-9-12(11(15)8-13(14)17(19)20)16-5-2-10(3-6-16)4-7-18/h8-10,18H,2-7H2,1H3. The molecule has 0 amide bonds. The molecule has 6 nitrogen and oxygen atoms in total. The van der Waals surface area contributed by atoms with E-state index in [-0.39, 0.29) is 18.0 Å². The van der Waals surface area contributed by atoms with Crippen molar-refractivity contribution in [3.8, 4) is 5.75 Å². The smallest absolute Gasteiger partial charge is 0.313 e. The topological polar surface area (TPSA) is 75.8 Å². The van der Waals surface area contributed by atoms with Crippen molar-refractivity contribution in [1.29, 1.82) is 0 Å². The lowest BCUT2D eigenvalue weighted by Gasteiger charge is -2.33. The fraction of sp³-hybridized carbons (Fsp3) is 0.571. The average Bonchev–Trinajstić information content (AvgIpc) is 2.48. The van der Waals surface area contributed by atoms with Crippen molar-refractivity contribution in [3.63, 3.8) is 0 Å². The lowest BCUT2D eigenvalue weighted by atomic mass is 9.93. The van der Waals surface area contributed by atoms with Crippen molar-refractivity contribution in [1.82, 2.24) is 0 Å². The summed E-state index contributed by atoms with van der Waals surface area (Å²) in [6.07, 6.45) is 2.51. The minimum Gasteiger partial charge on any atom is -0.490 e. The predicted molar refractivity (Wildman–Crippen MR) is 76.2 cm³/mol. The van der Waals surface area contributed by atoms with E-state index in [0.29, 0.717) is 24.7 Å². The van der Waals surface area contributed by atoms with Crippen molar-refractivity contribution < 1.29 is 19.2 Å². The molecule has 1 aliphatic rings. The van der Waals surface area contributed by atoms with Gasteiger partial charge in [-0.3, -0.25) is 10.1 Å². The van der Waals surface area contributed by atoms with E-state index in [0.717, 1.165) is 25.3 Å². The highest BCUT2D eigenvalue weighted by Gasteiger charge is 2.25. The average molecular weight is 298 g/mol. The van der Waals surface area contributed by atoms with E-state index in [1.165, 1.54) is 13.2 Å². The summed E-state index contributed by atoms with van der Waals surface area (Å²) in [7, 11) is 1.33.